The van der Waals surface area contributed by atoms with Gasteiger partial charge in [-0.2, -0.15) is 18.4 Å². The predicted octanol–water partition coefficient (Wildman–Crippen LogP) is 6.65. The van der Waals surface area contributed by atoms with Crippen molar-refractivity contribution < 1.29 is 22.4 Å². The second kappa shape index (κ2) is 8.58. The number of hydrogen-bond acceptors (Lipinski definition) is 3. The molecule has 8 heteroatoms. The van der Waals surface area contributed by atoms with Crippen molar-refractivity contribution in [1.82, 2.24) is 4.57 Å². The van der Waals surface area contributed by atoms with Gasteiger partial charge < -0.3 is 4.57 Å². The molecule has 176 valence electrons. The molecule has 35 heavy (non-hydrogen) atoms. The van der Waals surface area contributed by atoms with E-state index in [-0.39, 0.29) is 23.5 Å². The lowest BCUT2D eigenvalue weighted by Crippen LogP contribution is -2.36. The second-order valence-electron chi connectivity index (χ2n) is 8.45. The van der Waals surface area contributed by atoms with Crippen LogP contribution in [-0.4, -0.2) is 10.4 Å². The molecule has 0 amide bonds. The lowest BCUT2D eigenvalue weighted by molar-refractivity contribution is -0.137. The SMILES string of the molecule is N#CC1=C(n2cccc2)N(c2cccc(C(F)(F)F)c2)C2=C(C(=O)CCC2)[C@H]1c1cccc(F)c1. The molecule has 0 unspecified atom stereocenters. The number of nitrogens with zero attached hydrogens (tertiary/aromatic N) is 3. The maximum absolute atomic E-state index is 14.2. The van der Waals surface area contributed by atoms with E-state index in [4.69, 9.17) is 0 Å². The molecule has 3 aromatic rings. The standard InChI is InChI=1S/C27H19F4N3O/c28-19-8-3-6-17(14-19)24-21(16-32)26(33-12-1-2-13-33)34(22-10-5-11-23(35)25(22)24)20-9-4-7-18(15-20)27(29,30)31/h1-4,6-9,12-15,24H,5,10-11H2/t24-/m0/s1. The van der Waals surface area contributed by atoms with Crippen LogP contribution in [0.2, 0.25) is 0 Å². The first kappa shape index (κ1) is 22.7. The summed E-state index contributed by atoms with van der Waals surface area (Å²) in [5.74, 6) is -1.22. The van der Waals surface area contributed by atoms with Crippen LogP contribution >= 0.6 is 0 Å². The van der Waals surface area contributed by atoms with Crippen molar-refractivity contribution in [3.63, 3.8) is 0 Å². The number of nitriles is 1. The minimum atomic E-state index is -4.56. The average Bonchev–Trinajstić information content (AvgIpc) is 3.37. The van der Waals surface area contributed by atoms with Crippen LogP contribution in [0.4, 0.5) is 23.2 Å². The van der Waals surface area contributed by atoms with Gasteiger partial charge in [-0.15, -0.1) is 0 Å². The van der Waals surface area contributed by atoms with Crippen LogP contribution in [0.3, 0.4) is 0 Å². The molecule has 0 saturated carbocycles. The molecule has 2 aliphatic rings. The number of hydrogen-bond donors (Lipinski definition) is 0. The Morgan fingerprint density at radius 2 is 1.71 bits per heavy atom. The van der Waals surface area contributed by atoms with Gasteiger partial charge in [-0.3, -0.25) is 9.69 Å². The molecule has 0 radical (unpaired) electrons. The van der Waals surface area contributed by atoms with Gasteiger partial charge in [-0.05, 0) is 60.9 Å². The number of alkyl halides is 3. The van der Waals surface area contributed by atoms with Crippen molar-refractivity contribution in [2.75, 3.05) is 4.90 Å². The van der Waals surface area contributed by atoms with Crippen molar-refractivity contribution in [1.29, 1.82) is 5.26 Å². The summed E-state index contributed by atoms with van der Waals surface area (Å²) in [6.45, 7) is 0. The summed E-state index contributed by atoms with van der Waals surface area (Å²) in [6, 6.07) is 16.2. The van der Waals surface area contributed by atoms with Gasteiger partial charge in [0.1, 0.15) is 11.6 Å². The number of halogens is 4. The van der Waals surface area contributed by atoms with Gasteiger partial charge in [0.05, 0.1) is 23.1 Å². The van der Waals surface area contributed by atoms with Gasteiger partial charge in [-0.1, -0.05) is 18.2 Å². The molecule has 0 spiro atoms. The van der Waals surface area contributed by atoms with Crippen LogP contribution in [0, 0.1) is 17.1 Å². The van der Waals surface area contributed by atoms with Crippen molar-refractivity contribution in [2.24, 2.45) is 0 Å². The van der Waals surface area contributed by atoms with Gasteiger partial charge in [0.15, 0.2) is 5.78 Å². The Morgan fingerprint density at radius 1 is 0.971 bits per heavy atom. The molecule has 0 bridgehead atoms. The third-order valence-corrected chi connectivity index (χ3v) is 6.31. The van der Waals surface area contributed by atoms with E-state index >= 15 is 0 Å². The molecule has 2 aromatic carbocycles. The Hall–Kier alpha value is -4.12. The molecule has 5 rings (SSSR count). The normalized spacial score (nSPS) is 18.5. The number of carbonyl (C=O) groups is 1. The van der Waals surface area contributed by atoms with Crippen LogP contribution in [0.15, 0.2) is 89.9 Å². The first-order valence-electron chi connectivity index (χ1n) is 11.1. The molecule has 0 N–H and O–H groups in total. The van der Waals surface area contributed by atoms with E-state index in [0.717, 1.165) is 12.1 Å². The Kier molecular flexibility index (Phi) is 5.56. The van der Waals surface area contributed by atoms with Crippen LogP contribution in [0.1, 0.15) is 36.3 Å². The summed E-state index contributed by atoms with van der Waals surface area (Å²) in [7, 11) is 0. The molecule has 0 fully saturated rings. The first-order valence-corrected chi connectivity index (χ1v) is 11.1. The monoisotopic (exact) mass is 477 g/mol. The van der Waals surface area contributed by atoms with Crippen LogP contribution in [0.25, 0.3) is 5.82 Å². The van der Waals surface area contributed by atoms with E-state index in [1.165, 1.54) is 30.3 Å². The Labute approximate surface area is 199 Å². The van der Waals surface area contributed by atoms with Gasteiger partial charge >= 0.3 is 6.18 Å². The van der Waals surface area contributed by atoms with Gasteiger partial charge in [0, 0.05) is 35.8 Å². The fourth-order valence-electron chi connectivity index (χ4n) is 4.89. The zero-order valence-electron chi connectivity index (χ0n) is 18.4. The number of rotatable bonds is 3. The lowest BCUT2D eigenvalue weighted by atomic mass is 9.75. The first-order chi connectivity index (χ1) is 16.8. The largest absolute Gasteiger partial charge is 0.416 e. The maximum Gasteiger partial charge on any atom is 0.416 e. The summed E-state index contributed by atoms with van der Waals surface area (Å²) >= 11 is 0. The Morgan fingerprint density at radius 3 is 2.40 bits per heavy atom. The highest BCUT2D eigenvalue weighted by Crippen LogP contribution is 2.49. The van der Waals surface area contributed by atoms with Gasteiger partial charge in [-0.25, -0.2) is 4.39 Å². The molecular formula is C27H19F4N3O. The molecule has 0 saturated heterocycles. The number of ketones is 1. The summed E-state index contributed by atoms with van der Waals surface area (Å²) in [5.41, 5.74) is 0.799. The molecule has 1 aliphatic heterocycles. The van der Waals surface area contributed by atoms with E-state index in [1.54, 1.807) is 40.1 Å². The van der Waals surface area contributed by atoms with E-state index in [9.17, 15) is 27.6 Å². The molecule has 4 nitrogen and oxygen atoms in total. The smallest absolute Gasteiger partial charge is 0.309 e. The van der Waals surface area contributed by atoms with Crippen molar-refractivity contribution >= 4 is 17.3 Å². The second-order valence-corrected chi connectivity index (χ2v) is 8.45. The van der Waals surface area contributed by atoms with E-state index in [0.29, 0.717) is 35.5 Å². The fraction of sp³-hybridized carbons (Fsp3) is 0.185. The summed E-state index contributed by atoms with van der Waals surface area (Å²) in [5, 5.41) is 10.3. The van der Waals surface area contributed by atoms with E-state index in [2.05, 4.69) is 6.07 Å². The van der Waals surface area contributed by atoms with Gasteiger partial charge in [0.25, 0.3) is 0 Å². The number of Topliss-reactive ketones (excluding diaryl/α,β-unsaturated/α-hetero) is 1. The van der Waals surface area contributed by atoms with E-state index < -0.39 is 23.5 Å². The molecule has 1 aliphatic carbocycles. The zero-order valence-corrected chi connectivity index (χ0v) is 18.4. The highest BCUT2D eigenvalue weighted by Gasteiger charge is 2.42. The topological polar surface area (TPSA) is 49.0 Å². The third-order valence-electron chi connectivity index (χ3n) is 6.31. The number of aromatic nitrogens is 1. The summed E-state index contributed by atoms with van der Waals surface area (Å²) in [6.07, 6.45) is -0.00177. The van der Waals surface area contributed by atoms with Crippen LogP contribution in [-0.2, 0) is 11.0 Å². The average molecular weight is 477 g/mol. The van der Waals surface area contributed by atoms with E-state index in [1.807, 2.05) is 0 Å². The van der Waals surface area contributed by atoms with Crippen molar-refractivity contribution in [3.8, 4) is 6.07 Å². The third kappa shape index (κ3) is 3.93. The number of anilines is 1. The maximum atomic E-state index is 14.2. The summed E-state index contributed by atoms with van der Waals surface area (Å²) < 4.78 is 56.6. The van der Waals surface area contributed by atoms with Crippen LogP contribution < -0.4 is 4.90 Å². The van der Waals surface area contributed by atoms with Crippen LogP contribution in [0.5, 0.6) is 0 Å². The minimum Gasteiger partial charge on any atom is -0.309 e. The zero-order chi connectivity index (χ0) is 24.7. The minimum absolute atomic E-state index is 0.151. The molecule has 2 heterocycles. The van der Waals surface area contributed by atoms with Crippen molar-refractivity contribution in [2.45, 2.75) is 31.4 Å². The molecular weight excluding hydrogens is 458 g/mol. The highest BCUT2D eigenvalue weighted by molar-refractivity contribution is 6.03. The number of allylic oxidation sites excluding steroid dienone is 3. The summed E-state index contributed by atoms with van der Waals surface area (Å²) in [4.78, 5) is 14.8. The fourth-order valence-corrected chi connectivity index (χ4v) is 4.89. The predicted molar refractivity (Wildman–Crippen MR) is 122 cm³/mol. The Bertz CT molecular complexity index is 1410. The quantitative estimate of drug-likeness (QED) is 0.397. The molecule has 1 aromatic heterocycles. The molecule has 1 atom stereocenters. The lowest BCUT2D eigenvalue weighted by Gasteiger charge is -2.41. The Balaban J connectivity index is 1.84. The van der Waals surface area contributed by atoms with Gasteiger partial charge in [0.2, 0.25) is 0 Å². The number of benzene rings is 2. The number of carbonyl (C=O) groups excluding carboxylic acids is 1. The highest BCUT2D eigenvalue weighted by atomic mass is 19.4. The van der Waals surface area contributed by atoms with Crippen molar-refractivity contribution in [3.05, 3.63) is 107 Å².